The SMILES string of the molecule is COc1cccc(-c2nc3cc(N4CCNCC4)ccn3n2)c1. The zero-order valence-corrected chi connectivity index (χ0v) is 13.1. The smallest absolute Gasteiger partial charge is 0.182 e. The third kappa shape index (κ3) is 2.73. The first kappa shape index (κ1) is 14.0. The monoisotopic (exact) mass is 309 g/mol. The predicted octanol–water partition coefficient (Wildman–Crippen LogP) is 1.81. The third-order valence-corrected chi connectivity index (χ3v) is 4.13. The normalized spacial score (nSPS) is 15.1. The Bertz CT molecular complexity index is 823. The van der Waals surface area contributed by atoms with Crippen molar-refractivity contribution >= 4 is 11.3 Å². The van der Waals surface area contributed by atoms with Crippen LogP contribution in [0.25, 0.3) is 17.0 Å². The third-order valence-electron chi connectivity index (χ3n) is 4.13. The fraction of sp³-hybridized carbons (Fsp3) is 0.294. The highest BCUT2D eigenvalue weighted by Gasteiger charge is 2.13. The van der Waals surface area contributed by atoms with E-state index in [2.05, 4.69) is 32.4 Å². The molecule has 6 heteroatoms. The van der Waals surface area contributed by atoms with E-state index in [1.54, 1.807) is 7.11 Å². The molecule has 0 unspecified atom stereocenters. The summed E-state index contributed by atoms with van der Waals surface area (Å²) in [4.78, 5) is 7.04. The Labute approximate surface area is 134 Å². The van der Waals surface area contributed by atoms with E-state index in [-0.39, 0.29) is 0 Å². The number of nitrogens with one attached hydrogen (secondary N) is 1. The van der Waals surface area contributed by atoms with Crippen molar-refractivity contribution < 1.29 is 4.74 Å². The van der Waals surface area contributed by atoms with Crippen LogP contribution in [-0.2, 0) is 0 Å². The van der Waals surface area contributed by atoms with Gasteiger partial charge in [-0.1, -0.05) is 12.1 Å². The summed E-state index contributed by atoms with van der Waals surface area (Å²) in [6, 6.07) is 12.0. The van der Waals surface area contributed by atoms with Crippen LogP contribution in [0.1, 0.15) is 0 Å². The zero-order valence-electron chi connectivity index (χ0n) is 13.1. The number of aromatic nitrogens is 3. The number of methoxy groups -OCH3 is 1. The van der Waals surface area contributed by atoms with Gasteiger partial charge in [-0.05, 0) is 18.2 Å². The van der Waals surface area contributed by atoms with Crippen molar-refractivity contribution in [2.45, 2.75) is 0 Å². The Hall–Kier alpha value is -2.60. The molecular weight excluding hydrogens is 290 g/mol. The molecule has 1 fully saturated rings. The second-order valence-corrected chi connectivity index (χ2v) is 5.59. The predicted molar refractivity (Wildman–Crippen MR) is 90.1 cm³/mol. The molecule has 0 aliphatic carbocycles. The van der Waals surface area contributed by atoms with Gasteiger partial charge in [0.05, 0.1) is 7.11 Å². The quantitative estimate of drug-likeness (QED) is 0.800. The molecule has 3 heterocycles. The fourth-order valence-corrected chi connectivity index (χ4v) is 2.88. The maximum absolute atomic E-state index is 5.27. The van der Waals surface area contributed by atoms with Gasteiger partial charge < -0.3 is 15.0 Å². The second-order valence-electron chi connectivity index (χ2n) is 5.59. The molecule has 1 N–H and O–H groups in total. The van der Waals surface area contributed by atoms with Crippen molar-refractivity contribution in [1.82, 2.24) is 19.9 Å². The average molecular weight is 309 g/mol. The summed E-state index contributed by atoms with van der Waals surface area (Å²) in [5.74, 6) is 1.52. The largest absolute Gasteiger partial charge is 0.497 e. The molecule has 0 spiro atoms. The molecule has 1 aromatic carbocycles. The fourth-order valence-electron chi connectivity index (χ4n) is 2.88. The average Bonchev–Trinajstić information content (AvgIpc) is 3.06. The molecule has 2 aromatic heterocycles. The molecule has 0 saturated carbocycles. The highest BCUT2D eigenvalue weighted by molar-refractivity contribution is 5.63. The Morgan fingerprint density at radius 2 is 2.00 bits per heavy atom. The highest BCUT2D eigenvalue weighted by Crippen LogP contribution is 2.23. The van der Waals surface area contributed by atoms with Gasteiger partial charge in [0.1, 0.15) is 5.75 Å². The van der Waals surface area contributed by atoms with Gasteiger partial charge in [-0.2, -0.15) is 0 Å². The minimum atomic E-state index is 0.710. The summed E-state index contributed by atoms with van der Waals surface area (Å²) in [5.41, 5.74) is 3.01. The van der Waals surface area contributed by atoms with Gasteiger partial charge in [-0.25, -0.2) is 9.50 Å². The summed E-state index contributed by atoms with van der Waals surface area (Å²) in [6.45, 7) is 4.08. The number of anilines is 1. The summed E-state index contributed by atoms with van der Waals surface area (Å²) in [5, 5.41) is 7.94. The van der Waals surface area contributed by atoms with E-state index in [4.69, 9.17) is 4.74 Å². The molecule has 3 aromatic rings. The molecule has 0 amide bonds. The van der Waals surface area contributed by atoms with Gasteiger partial charge in [0.25, 0.3) is 0 Å². The molecule has 1 aliphatic heterocycles. The number of fused-ring (bicyclic) bond motifs is 1. The first-order valence-electron chi connectivity index (χ1n) is 7.80. The van der Waals surface area contributed by atoms with Crippen LogP contribution >= 0.6 is 0 Å². The highest BCUT2D eigenvalue weighted by atomic mass is 16.5. The minimum Gasteiger partial charge on any atom is -0.497 e. The number of hydrogen-bond acceptors (Lipinski definition) is 5. The Morgan fingerprint density at radius 1 is 1.13 bits per heavy atom. The van der Waals surface area contributed by atoms with Crippen LogP contribution in [0, 0.1) is 0 Å². The number of piperazine rings is 1. The molecule has 0 atom stereocenters. The molecule has 0 bridgehead atoms. The van der Waals surface area contributed by atoms with Crippen molar-refractivity contribution in [3.63, 3.8) is 0 Å². The Kier molecular flexibility index (Phi) is 3.59. The second kappa shape index (κ2) is 5.89. The van der Waals surface area contributed by atoms with Crippen LogP contribution in [-0.4, -0.2) is 47.9 Å². The first-order valence-corrected chi connectivity index (χ1v) is 7.80. The van der Waals surface area contributed by atoms with Crippen LogP contribution in [0.15, 0.2) is 42.6 Å². The van der Waals surface area contributed by atoms with Crippen LogP contribution in [0.4, 0.5) is 5.69 Å². The van der Waals surface area contributed by atoms with Crippen molar-refractivity contribution in [3.05, 3.63) is 42.6 Å². The molecule has 118 valence electrons. The van der Waals surface area contributed by atoms with Gasteiger partial charge in [0.15, 0.2) is 11.5 Å². The van der Waals surface area contributed by atoms with Gasteiger partial charge >= 0.3 is 0 Å². The van der Waals surface area contributed by atoms with E-state index in [9.17, 15) is 0 Å². The van der Waals surface area contributed by atoms with Crippen molar-refractivity contribution in [2.75, 3.05) is 38.2 Å². The van der Waals surface area contributed by atoms with Crippen LogP contribution in [0.3, 0.4) is 0 Å². The summed E-state index contributed by atoms with van der Waals surface area (Å²) >= 11 is 0. The van der Waals surface area contributed by atoms with Crippen molar-refractivity contribution in [3.8, 4) is 17.1 Å². The maximum atomic E-state index is 5.27. The lowest BCUT2D eigenvalue weighted by atomic mass is 10.2. The Balaban J connectivity index is 1.69. The molecule has 1 saturated heterocycles. The number of rotatable bonds is 3. The van der Waals surface area contributed by atoms with E-state index in [0.29, 0.717) is 5.82 Å². The lowest BCUT2D eigenvalue weighted by molar-refractivity contribution is 0.415. The van der Waals surface area contributed by atoms with Gasteiger partial charge in [0, 0.05) is 49.7 Å². The maximum Gasteiger partial charge on any atom is 0.182 e. The van der Waals surface area contributed by atoms with E-state index >= 15 is 0 Å². The number of nitrogens with zero attached hydrogens (tertiary/aromatic N) is 4. The first-order chi connectivity index (χ1) is 11.3. The number of ether oxygens (including phenoxy) is 1. The number of benzene rings is 1. The van der Waals surface area contributed by atoms with Gasteiger partial charge in [0.2, 0.25) is 0 Å². The molecule has 23 heavy (non-hydrogen) atoms. The molecule has 0 radical (unpaired) electrons. The summed E-state index contributed by atoms with van der Waals surface area (Å²) in [7, 11) is 1.66. The summed E-state index contributed by atoms with van der Waals surface area (Å²) in [6.07, 6.45) is 1.98. The van der Waals surface area contributed by atoms with E-state index in [0.717, 1.165) is 43.1 Å². The molecule has 1 aliphatic rings. The molecule has 4 rings (SSSR count). The van der Waals surface area contributed by atoms with Crippen LogP contribution in [0.5, 0.6) is 5.75 Å². The lowest BCUT2D eigenvalue weighted by Gasteiger charge is -2.29. The number of pyridine rings is 1. The topological polar surface area (TPSA) is 54.7 Å². The van der Waals surface area contributed by atoms with Crippen molar-refractivity contribution in [2.24, 2.45) is 0 Å². The van der Waals surface area contributed by atoms with Crippen LogP contribution in [0.2, 0.25) is 0 Å². The standard InChI is InChI=1S/C17H19N5O/c1-23-15-4-2-3-13(11-15)17-19-16-12-14(5-8-22(16)20-17)21-9-6-18-7-10-21/h2-5,8,11-12,18H,6-7,9-10H2,1H3. The molecule has 6 nitrogen and oxygen atoms in total. The van der Waals surface area contributed by atoms with E-state index in [1.807, 2.05) is 35.0 Å². The van der Waals surface area contributed by atoms with Gasteiger partial charge in [-0.3, -0.25) is 0 Å². The van der Waals surface area contributed by atoms with E-state index in [1.165, 1.54) is 5.69 Å². The van der Waals surface area contributed by atoms with Crippen molar-refractivity contribution in [1.29, 1.82) is 0 Å². The molecular formula is C17H19N5O. The van der Waals surface area contributed by atoms with Crippen LogP contribution < -0.4 is 15.0 Å². The van der Waals surface area contributed by atoms with Gasteiger partial charge in [-0.15, -0.1) is 5.10 Å². The minimum absolute atomic E-state index is 0.710. The number of hydrogen-bond donors (Lipinski definition) is 1. The Morgan fingerprint density at radius 3 is 2.83 bits per heavy atom. The van der Waals surface area contributed by atoms with E-state index < -0.39 is 0 Å². The zero-order chi connectivity index (χ0) is 15.6. The summed E-state index contributed by atoms with van der Waals surface area (Å²) < 4.78 is 7.09. The lowest BCUT2D eigenvalue weighted by Crippen LogP contribution is -2.43.